The van der Waals surface area contributed by atoms with Crippen molar-refractivity contribution in [3.63, 3.8) is 0 Å². The molecule has 1 heterocycles. The third-order valence-electron chi connectivity index (χ3n) is 7.90. The minimum absolute atomic E-state index is 0.0569. The van der Waals surface area contributed by atoms with Gasteiger partial charge in [0, 0.05) is 42.9 Å². The molecule has 0 bridgehead atoms. The van der Waals surface area contributed by atoms with E-state index in [1.54, 1.807) is 41.3 Å². The Hall–Kier alpha value is -5.51. The van der Waals surface area contributed by atoms with E-state index in [1.165, 1.54) is 24.3 Å². The summed E-state index contributed by atoms with van der Waals surface area (Å²) in [5.41, 5.74) is 3.54. The van der Waals surface area contributed by atoms with E-state index >= 15 is 0 Å². The number of aryl methyl sites for hydroxylation is 1. The number of carbonyl (C=O) groups excluding carboxylic acids is 3. The van der Waals surface area contributed by atoms with Gasteiger partial charge in [0.15, 0.2) is 0 Å². The van der Waals surface area contributed by atoms with Crippen LogP contribution in [0.15, 0.2) is 97.1 Å². The molecule has 3 N–H and O–H groups in total. The molecule has 0 aromatic heterocycles. The van der Waals surface area contributed by atoms with Crippen molar-refractivity contribution in [2.45, 2.75) is 25.8 Å². The van der Waals surface area contributed by atoms with Gasteiger partial charge in [-0.05, 0) is 67.4 Å². The number of carboxylic acids is 1. The summed E-state index contributed by atoms with van der Waals surface area (Å²) in [4.78, 5) is 55.4. The minimum Gasteiger partial charge on any atom is -0.481 e. The number of hydrogen-bond donors (Lipinski definition) is 3. The van der Waals surface area contributed by atoms with Crippen molar-refractivity contribution >= 4 is 35.1 Å². The number of nitrogens with zero attached hydrogens (tertiary/aromatic N) is 2. The summed E-state index contributed by atoms with van der Waals surface area (Å²) in [6, 6.07) is 25.7. The molecule has 0 aliphatic carbocycles. The van der Waals surface area contributed by atoms with Crippen molar-refractivity contribution in [1.29, 1.82) is 0 Å². The fraction of sp³-hybridized carbons (Fsp3) is 0.222. The van der Waals surface area contributed by atoms with E-state index in [4.69, 9.17) is 0 Å². The summed E-state index contributed by atoms with van der Waals surface area (Å²) in [5, 5.41) is 15.2. The number of nitrogens with one attached hydrogen (secondary N) is 2. The second kappa shape index (κ2) is 14.5. The lowest BCUT2D eigenvalue weighted by molar-refractivity contribution is -0.137. The molecule has 3 amide bonds. The van der Waals surface area contributed by atoms with Crippen LogP contribution in [0.5, 0.6) is 0 Å². The van der Waals surface area contributed by atoms with Crippen molar-refractivity contribution in [1.82, 2.24) is 10.2 Å². The Morgan fingerprint density at radius 1 is 0.783 bits per heavy atom. The highest BCUT2D eigenvalue weighted by molar-refractivity contribution is 6.07. The van der Waals surface area contributed by atoms with Gasteiger partial charge in [-0.3, -0.25) is 19.2 Å². The number of aliphatic carboxylic acids is 1. The van der Waals surface area contributed by atoms with Crippen LogP contribution in [0.1, 0.15) is 61.1 Å². The van der Waals surface area contributed by atoms with E-state index in [2.05, 4.69) is 10.6 Å². The van der Waals surface area contributed by atoms with Crippen molar-refractivity contribution in [2.24, 2.45) is 0 Å². The van der Waals surface area contributed by atoms with Gasteiger partial charge in [-0.15, -0.1) is 0 Å². The second-order valence-electron chi connectivity index (χ2n) is 11.2. The fourth-order valence-electron chi connectivity index (χ4n) is 5.47. The molecule has 0 spiro atoms. The van der Waals surface area contributed by atoms with Gasteiger partial charge in [0.25, 0.3) is 17.7 Å². The average molecular weight is 623 g/mol. The molecular weight excluding hydrogens is 587 g/mol. The van der Waals surface area contributed by atoms with Gasteiger partial charge in [0.05, 0.1) is 23.8 Å². The molecule has 10 heteroatoms. The van der Waals surface area contributed by atoms with E-state index in [1.807, 2.05) is 42.2 Å². The van der Waals surface area contributed by atoms with Gasteiger partial charge in [-0.2, -0.15) is 0 Å². The van der Waals surface area contributed by atoms with Crippen molar-refractivity contribution in [3.05, 3.63) is 131 Å². The number of benzene rings is 4. The first-order valence-electron chi connectivity index (χ1n) is 15.1. The Morgan fingerprint density at radius 3 is 2.22 bits per heavy atom. The summed E-state index contributed by atoms with van der Waals surface area (Å²) in [7, 11) is 0. The maximum absolute atomic E-state index is 13.9. The molecular formula is C36H35FN4O5. The zero-order chi connectivity index (χ0) is 32.6. The number of anilines is 2. The molecule has 1 saturated heterocycles. The molecule has 1 fully saturated rings. The molecule has 0 saturated carbocycles. The third-order valence-corrected chi connectivity index (χ3v) is 7.90. The second-order valence-corrected chi connectivity index (χ2v) is 11.2. The Labute approximate surface area is 266 Å². The molecule has 46 heavy (non-hydrogen) atoms. The summed E-state index contributed by atoms with van der Waals surface area (Å²) in [6.07, 6.45) is 0.355. The molecule has 4 aromatic rings. The van der Waals surface area contributed by atoms with Crippen molar-refractivity contribution in [2.75, 3.05) is 36.4 Å². The predicted molar refractivity (Wildman–Crippen MR) is 174 cm³/mol. The topological polar surface area (TPSA) is 119 Å². The zero-order valence-electron chi connectivity index (χ0n) is 25.4. The van der Waals surface area contributed by atoms with Crippen LogP contribution in [-0.2, 0) is 4.79 Å². The lowest BCUT2D eigenvalue weighted by Crippen LogP contribution is -2.35. The first-order valence-corrected chi connectivity index (χ1v) is 15.1. The predicted octanol–water partition coefficient (Wildman–Crippen LogP) is 5.68. The Kier molecular flexibility index (Phi) is 10.1. The quantitative estimate of drug-likeness (QED) is 0.221. The lowest BCUT2D eigenvalue weighted by atomic mass is 10.0. The van der Waals surface area contributed by atoms with E-state index in [9.17, 15) is 28.7 Å². The van der Waals surface area contributed by atoms with Crippen LogP contribution < -0.4 is 15.5 Å². The normalized spacial score (nSPS) is 13.8. The van der Waals surface area contributed by atoms with Gasteiger partial charge < -0.3 is 25.5 Å². The van der Waals surface area contributed by atoms with Crippen LogP contribution in [0, 0.1) is 12.7 Å². The molecule has 1 atom stereocenters. The summed E-state index contributed by atoms with van der Waals surface area (Å²) < 4.78 is 13.9. The fourth-order valence-corrected chi connectivity index (χ4v) is 5.47. The number of amides is 3. The summed E-state index contributed by atoms with van der Waals surface area (Å²) >= 11 is 0. The maximum atomic E-state index is 13.9. The number of hydrogen-bond acceptors (Lipinski definition) is 5. The van der Waals surface area contributed by atoms with Gasteiger partial charge in [-0.25, -0.2) is 4.39 Å². The van der Waals surface area contributed by atoms with E-state index in [0.717, 1.165) is 11.6 Å². The lowest BCUT2D eigenvalue weighted by Gasteiger charge is -2.27. The van der Waals surface area contributed by atoms with Gasteiger partial charge in [-0.1, -0.05) is 54.1 Å². The summed E-state index contributed by atoms with van der Waals surface area (Å²) in [6.45, 7) is 3.97. The highest BCUT2D eigenvalue weighted by atomic mass is 19.1. The van der Waals surface area contributed by atoms with Crippen LogP contribution in [0.4, 0.5) is 15.8 Å². The maximum Gasteiger partial charge on any atom is 0.305 e. The third kappa shape index (κ3) is 7.95. The van der Waals surface area contributed by atoms with Gasteiger partial charge in [0.1, 0.15) is 5.82 Å². The van der Waals surface area contributed by atoms with E-state index in [-0.39, 0.29) is 23.5 Å². The molecule has 9 nitrogen and oxygen atoms in total. The van der Waals surface area contributed by atoms with Crippen LogP contribution in [-0.4, -0.2) is 59.9 Å². The number of halogens is 1. The first kappa shape index (κ1) is 31.9. The Bertz CT molecular complexity index is 1730. The number of carbonyl (C=O) groups is 4. The monoisotopic (exact) mass is 622 g/mol. The molecule has 236 valence electrons. The molecule has 4 aromatic carbocycles. The first-order chi connectivity index (χ1) is 22.2. The standard InChI is InChI=1S/C36H35FN4O5/c1-24-11-13-25(14-12-24)30(23-33(42)43)38-35(45)28-15-16-32(31(22-28)39-34(44)27-9-5-10-29(37)21-27)40-17-6-18-41(20-19-40)36(46)26-7-3-2-4-8-26/h2-5,7-16,21-22,30H,6,17-20,23H2,1H3,(H,38,45)(H,39,44)(H,42,43). The number of rotatable bonds is 9. The SMILES string of the molecule is Cc1ccc(C(CC(=O)O)NC(=O)c2ccc(N3CCCN(C(=O)c4ccccc4)CC3)c(NC(=O)c3cccc(F)c3)c2)cc1. The summed E-state index contributed by atoms with van der Waals surface area (Å²) in [5.74, 6) is -2.76. The molecule has 5 rings (SSSR count). The Balaban J connectivity index is 1.41. The van der Waals surface area contributed by atoms with Gasteiger partial charge >= 0.3 is 5.97 Å². The van der Waals surface area contributed by atoms with E-state index in [0.29, 0.717) is 55.1 Å². The van der Waals surface area contributed by atoms with Crippen LogP contribution in [0.2, 0.25) is 0 Å². The molecule has 1 aliphatic rings. The van der Waals surface area contributed by atoms with Crippen molar-refractivity contribution in [3.8, 4) is 0 Å². The van der Waals surface area contributed by atoms with Gasteiger partial charge in [0.2, 0.25) is 0 Å². The minimum atomic E-state index is -1.06. The largest absolute Gasteiger partial charge is 0.481 e. The van der Waals surface area contributed by atoms with Crippen LogP contribution >= 0.6 is 0 Å². The average Bonchev–Trinajstić information content (AvgIpc) is 3.31. The smallest absolute Gasteiger partial charge is 0.305 e. The Morgan fingerprint density at radius 2 is 1.50 bits per heavy atom. The number of carboxylic acid groups (broad SMARTS) is 1. The molecule has 1 aliphatic heterocycles. The van der Waals surface area contributed by atoms with E-state index < -0.39 is 29.6 Å². The highest BCUT2D eigenvalue weighted by Crippen LogP contribution is 2.30. The van der Waals surface area contributed by atoms with Crippen molar-refractivity contribution < 1.29 is 28.7 Å². The zero-order valence-corrected chi connectivity index (χ0v) is 25.4. The van der Waals surface area contributed by atoms with Crippen LogP contribution in [0.25, 0.3) is 0 Å². The molecule has 1 unspecified atom stereocenters. The van der Waals surface area contributed by atoms with Crippen LogP contribution in [0.3, 0.4) is 0 Å². The molecule has 0 radical (unpaired) electrons. The highest BCUT2D eigenvalue weighted by Gasteiger charge is 2.24.